The molecule has 2 bridgehead atoms. The Hall–Kier alpha value is -1.24. The Bertz CT molecular complexity index is 274. The van der Waals surface area contributed by atoms with Gasteiger partial charge in [-0.05, 0) is 25.7 Å². The van der Waals surface area contributed by atoms with E-state index in [4.69, 9.17) is 0 Å². The van der Waals surface area contributed by atoms with Crippen molar-refractivity contribution in [2.24, 2.45) is 21.8 Å². The van der Waals surface area contributed by atoms with Gasteiger partial charge in [0, 0.05) is 11.8 Å². The van der Waals surface area contributed by atoms with Gasteiger partial charge in [0.15, 0.2) is 5.66 Å². The number of hydrogen-bond acceptors (Lipinski definition) is 4. The van der Waals surface area contributed by atoms with Crippen molar-refractivity contribution < 1.29 is 9.59 Å². The first kappa shape index (κ1) is 8.36. The van der Waals surface area contributed by atoms with Gasteiger partial charge in [0.05, 0.1) is 0 Å². The first-order chi connectivity index (χ1) is 6.33. The fourth-order valence-corrected chi connectivity index (χ4v) is 2.81. The molecule has 0 aliphatic heterocycles. The quantitative estimate of drug-likeness (QED) is 0.470. The van der Waals surface area contributed by atoms with Crippen molar-refractivity contribution in [1.82, 2.24) is 0 Å². The molecule has 0 amide bonds. The van der Waals surface area contributed by atoms with Crippen molar-refractivity contribution in [3.05, 3.63) is 0 Å². The minimum Gasteiger partial charge on any atom is -0.211 e. The number of aliphatic imine (C=N–C) groups is 2. The zero-order valence-corrected chi connectivity index (χ0v) is 7.19. The van der Waals surface area contributed by atoms with Crippen molar-refractivity contribution in [3.8, 4) is 0 Å². The van der Waals surface area contributed by atoms with Gasteiger partial charge in [0.2, 0.25) is 12.2 Å². The fraction of sp³-hybridized carbons (Fsp3) is 0.778. The van der Waals surface area contributed by atoms with Crippen LogP contribution in [0.2, 0.25) is 0 Å². The van der Waals surface area contributed by atoms with Gasteiger partial charge in [-0.3, -0.25) is 0 Å². The summed E-state index contributed by atoms with van der Waals surface area (Å²) in [6.45, 7) is 0. The number of hydrogen-bond donors (Lipinski definition) is 0. The Labute approximate surface area is 75.8 Å². The smallest absolute Gasteiger partial charge is 0.211 e. The van der Waals surface area contributed by atoms with E-state index in [0.29, 0.717) is 0 Å². The van der Waals surface area contributed by atoms with Gasteiger partial charge in [-0.1, -0.05) is 0 Å². The number of carbonyl (C=O) groups excluding carboxylic acids is 2. The zero-order chi connectivity index (χ0) is 9.31. The molecule has 2 aliphatic carbocycles. The molecule has 2 fully saturated rings. The molecule has 0 aromatic heterocycles. The monoisotopic (exact) mass is 178 g/mol. The van der Waals surface area contributed by atoms with Crippen molar-refractivity contribution in [3.63, 3.8) is 0 Å². The molecule has 0 heterocycles. The molecule has 0 saturated heterocycles. The number of rotatable bonds is 2. The molecule has 0 aromatic rings. The normalized spacial score (nSPS) is 40.9. The Kier molecular flexibility index (Phi) is 1.87. The van der Waals surface area contributed by atoms with Crippen LogP contribution in [0.3, 0.4) is 0 Å². The molecule has 13 heavy (non-hydrogen) atoms. The van der Waals surface area contributed by atoms with Crippen LogP contribution in [0.15, 0.2) is 9.98 Å². The molecule has 2 rings (SSSR count). The molecule has 0 aromatic carbocycles. The van der Waals surface area contributed by atoms with E-state index >= 15 is 0 Å². The van der Waals surface area contributed by atoms with Crippen LogP contribution in [0.1, 0.15) is 25.7 Å². The van der Waals surface area contributed by atoms with E-state index < -0.39 is 5.66 Å². The maximum atomic E-state index is 10.3. The molecule has 2 saturated carbocycles. The lowest BCUT2D eigenvalue weighted by Crippen LogP contribution is -2.29. The average Bonchev–Trinajstić information content (AvgIpc) is 2.63. The molecule has 0 spiro atoms. The lowest BCUT2D eigenvalue weighted by molar-refractivity contribution is 0.337. The average molecular weight is 178 g/mol. The minimum absolute atomic E-state index is 0.264. The molecule has 0 atom stereocenters. The molecule has 4 nitrogen and oxygen atoms in total. The molecule has 0 radical (unpaired) electrons. The Balaban J connectivity index is 2.44. The van der Waals surface area contributed by atoms with Crippen molar-refractivity contribution in [2.45, 2.75) is 31.3 Å². The number of nitrogens with zero attached hydrogens (tertiary/aromatic N) is 2. The van der Waals surface area contributed by atoms with Gasteiger partial charge in [-0.15, -0.1) is 0 Å². The molecule has 68 valence electrons. The third kappa shape index (κ3) is 0.998. The number of isocyanates is 2. The second-order valence-electron chi connectivity index (χ2n) is 3.74. The SMILES string of the molecule is O=C=NC1(N=C=O)C2CCC1CC2. The second kappa shape index (κ2) is 2.91. The van der Waals surface area contributed by atoms with E-state index in [9.17, 15) is 9.59 Å². The van der Waals surface area contributed by atoms with Crippen LogP contribution < -0.4 is 0 Å². The summed E-state index contributed by atoms with van der Waals surface area (Å²) in [5, 5.41) is 0. The molecule has 2 aliphatic rings. The van der Waals surface area contributed by atoms with Crippen molar-refractivity contribution >= 4 is 12.2 Å². The van der Waals surface area contributed by atoms with E-state index in [1.54, 1.807) is 0 Å². The van der Waals surface area contributed by atoms with E-state index in [1.807, 2.05) is 0 Å². The van der Waals surface area contributed by atoms with Gasteiger partial charge < -0.3 is 0 Å². The Morgan fingerprint density at radius 1 is 0.923 bits per heavy atom. The van der Waals surface area contributed by atoms with Gasteiger partial charge in [0.25, 0.3) is 0 Å². The summed E-state index contributed by atoms with van der Waals surface area (Å²) >= 11 is 0. The highest BCUT2D eigenvalue weighted by molar-refractivity contribution is 5.41. The third-order valence-corrected chi connectivity index (χ3v) is 3.38. The summed E-state index contributed by atoms with van der Waals surface area (Å²) in [6.07, 6.45) is 7.14. The van der Waals surface area contributed by atoms with Crippen LogP contribution in [0.4, 0.5) is 0 Å². The Morgan fingerprint density at radius 2 is 1.31 bits per heavy atom. The summed E-state index contributed by atoms with van der Waals surface area (Å²) in [5.41, 5.74) is -0.774. The highest BCUT2D eigenvalue weighted by atomic mass is 16.1. The van der Waals surface area contributed by atoms with Gasteiger partial charge >= 0.3 is 0 Å². The van der Waals surface area contributed by atoms with Crippen LogP contribution in [0.5, 0.6) is 0 Å². The maximum Gasteiger partial charge on any atom is 0.237 e. The largest absolute Gasteiger partial charge is 0.237 e. The van der Waals surface area contributed by atoms with E-state index in [2.05, 4.69) is 9.98 Å². The van der Waals surface area contributed by atoms with E-state index in [0.717, 1.165) is 25.7 Å². The lowest BCUT2D eigenvalue weighted by atomic mass is 10.00. The van der Waals surface area contributed by atoms with E-state index in [-0.39, 0.29) is 11.8 Å². The molecule has 4 heteroatoms. The summed E-state index contributed by atoms with van der Waals surface area (Å²) < 4.78 is 0. The van der Waals surface area contributed by atoms with Crippen molar-refractivity contribution in [1.29, 1.82) is 0 Å². The topological polar surface area (TPSA) is 58.9 Å². The van der Waals surface area contributed by atoms with Gasteiger partial charge in [-0.25, -0.2) is 9.59 Å². The molecular weight excluding hydrogens is 168 g/mol. The highest BCUT2D eigenvalue weighted by Gasteiger charge is 2.55. The first-order valence-electron chi connectivity index (χ1n) is 4.51. The minimum atomic E-state index is -0.774. The lowest BCUT2D eigenvalue weighted by Gasteiger charge is -2.20. The van der Waals surface area contributed by atoms with Gasteiger partial charge in [0.1, 0.15) is 0 Å². The van der Waals surface area contributed by atoms with Crippen LogP contribution in [0, 0.1) is 11.8 Å². The van der Waals surface area contributed by atoms with Crippen LogP contribution in [0.25, 0.3) is 0 Å². The highest BCUT2D eigenvalue weighted by Crippen LogP contribution is 2.54. The second-order valence-corrected chi connectivity index (χ2v) is 3.74. The molecular formula is C9H10N2O2. The summed E-state index contributed by atoms with van der Waals surface area (Å²) in [6, 6.07) is 0. The predicted octanol–water partition coefficient (Wildman–Crippen LogP) is 1.17. The zero-order valence-electron chi connectivity index (χ0n) is 7.19. The molecule has 0 N–H and O–H groups in total. The molecule has 0 unspecified atom stereocenters. The van der Waals surface area contributed by atoms with Gasteiger partial charge in [-0.2, -0.15) is 9.98 Å². The van der Waals surface area contributed by atoms with Crippen LogP contribution in [-0.2, 0) is 9.59 Å². The van der Waals surface area contributed by atoms with Crippen LogP contribution >= 0.6 is 0 Å². The van der Waals surface area contributed by atoms with Crippen LogP contribution in [-0.4, -0.2) is 17.8 Å². The number of fused-ring (bicyclic) bond motifs is 2. The fourth-order valence-electron chi connectivity index (χ4n) is 2.81. The van der Waals surface area contributed by atoms with E-state index in [1.165, 1.54) is 12.2 Å². The Morgan fingerprint density at radius 3 is 1.62 bits per heavy atom. The predicted molar refractivity (Wildman–Crippen MR) is 44.4 cm³/mol. The summed E-state index contributed by atoms with van der Waals surface area (Å²) in [7, 11) is 0. The standard InChI is InChI=1S/C9H10N2O2/c12-5-10-9(11-6-13)7-1-2-8(9)4-3-7/h7-8H,1-4H2. The summed E-state index contributed by atoms with van der Waals surface area (Å²) in [5.74, 6) is 0.529. The maximum absolute atomic E-state index is 10.3. The first-order valence-corrected chi connectivity index (χ1v) is 4.51. The third-order valence-electron chi connectivity index (χ3n) is 3.38. The summed E-state index contributed by atoms with van der Waals surface area (Å²) in [4.78, 5) is 28.0. The van der Waals surface area contributed by atoms with Crippen molar-refractivity contribution in [2.75, 3.05) is 0 Å².